The number of nitrogens with zero attached hydrogens (tertiary/aromatic N) is 4. The number of amides is 1. The highest BCUT2D eigenvalue weighted by Gasteiger charge is 2.16. The van der Waals surface area contributed by atoms with Gasteiger partial charge in [0.2, 0.25) is 11.9 Å². The van der Waals surface area contributed by atoms with Crippen LogP contribution >= 0.6 is 0 Å². The third kappa shape index (κ3) is 3.12. The largest absolute Gasteiger partial charge is 0.359 e. The number of aromatic nitrogens is 5. The van der Waals surface area contributed by atoms with Crippen molar-refractivity contribution in [2.75, 3.05) is 10.6 Å². The molecular formula is C21H21N7O. The highest BCUT2D eigenvalue weighted by Crippen LogP contribution is 2.33. The molecule has 8 heteroatoms. The van der Waals surface area contributed by atoms with Gasteiger partial charge in [-0.25, -0.2) is 9.97 Å². The van der Waals surface area contributed by atoms with E-state index in [1.165, 1.54) is 12.6 Å². The van der Waals surface area contributed by atoms with E-state index in [-0.39, 0.29) is 5.91 Å². The fourth-order valence-corrected chi connectivity index (χ4v) is 3.85. The van der Waals surface area contributed by atoms with Crippen LogP contribution in [-0.2, 0) is 17.8 Å². The van der Waals surface area contributed by atoms with Crippen LogP contribution in [-0.4, -0.2) is 30.6 Å². The Bertz CT molecular complexity index is 1220. The number of para-hydroxylation sites is 1. The Balaban J connectivity index is 1.52. The Morgan fingerprint density at radius 3 is 3.03 bits per heavy atom. The maximum absolute atomic E-state index is 11.5. The molecule has 1 amide bonds. The molecule has 1 aliphatic rings. The van der Waals surface area contributed by atoms with Crippen molar-refractivity contribution in [1.82, 2.24) is 24.7 Å². The zero-order chi connectivity index (χ0) is 20.0. The maximum Gasteiger partial charge on any atom is 0.228 e. The molecule has 0 saturated carbocycles. The number of fused-ring (bicyclic) bond motifs is 2. The van der Waals surface area contributed by atoms with Gasteiger partial charge in [-0.1, -0.05) is 12.1 Å². The molecule has 0 atom stereocenters. The van der Waals surface area contributed by atoms with Crippen molar-refractivity contribution in [3.05, 3.63) is 47.9 Å². The molecule has 5 rings (SSSR count). The summed E-state index contributed by atoms with van der Waals surface area (Å²) in [6.45, 7) is 4.45. The average Bonchev–Trinajstić information content (AvgIpc) is 3.38. The van der Waals surface area contributed by atoms with Crippen LogP contribution in [0.15, 0.2) is 36.7 Å². The molecule has 0 unspecified atom stereocenters. The summed E-state index contributed by atoms with van der Waals surface area (Å²) in [5, 5.41) is 11.7. The number of carbonyl (C=O) groups is 1. The molecule has 1 aliphatic heterocycles. The first-order chi connectivity index (χ1) is 14.1. The summed E-state index contributed by atoms with van der Waals surface area (Å²) in [6.07, 6.45) is 5.93. The minimum atomic E-state index is -0.106. The molecule has 0 radical (unpaired) electrons. The summed E-state index contributed by atoms with van der Waals surface area (Å²) < 4.78 is 2.03. The van der Waals surface area contributed by atoms with E-state index in [0.29, 0.717) is 5.95 Å². The smallest absolute Gasteiger partial charge is 0.228 e. The predicted octanol–water partition coefficient (Wildman–Crippen LogP) is 3.78. The molecule has 8 nitrogen and oxygen atoms in total. The topological polar surface area (TPSA) is 101 Å². The van der Waals surface area contributed by atoms with Crippen LogP contribution in [0.5, 0.6) is 0 Å². The SMILES string of the molecule is CC(=O)Nc1cccc2c(-c3nc(Nc4cc5n(n4)CCC5)ncc3C)c[nH]c12. The molecule has 3 N–H and O–H groups in total. The first-order valence-electron chi connectivity index (χ1n) is 9.64. The van der Waals surface area contributed by atoms with E-state index in [0.717, 1.165) is 58.6 Å². The van der Waals surface area contributed by atoms with Gasteiger partial charge in [0.05, 0.1) is 16.9 Å². The van der Waals surface area contributed by atoms with Gasteiger partial charge in [-0.05, 0) is 31.4 Å². The van der Waals surface area contributed by atoms with E-state index in [1.54, 1.807) is 0 Å². The number of carbonyl (C=O) groups excluding carboxylic acids is 1. The highest BCUT2D eigenvalue weighted by atomic mass is 16.1. The van der Waals surface area contributed by atoms with Gasteiger partial charge < -0.3 is 15.6 Å². The molecule has 3 aromatic heterocycles. The van der Waals surface area contributed by atoms with Crippen molar-refractivity contribution in [2.45, 2.75) is 33.2 Å². The van der Waals surface area contributed by atoms with Gasteiger partial charge in [-0.3, -0.25) is 9.48 Å². The van der Waals surface area contributed by atoms with E-state index in [1.807, 2.05) is 42.2 Å². The Morgan fingerprint density at radius 1 is 1.31 bits per heavy atom. The van der Waals surface area contributed by atoms with Crippen molar-refractivity contribution in [3.8, 4) is 11.3 Å². The second-order valence-corrected chi connectivity index (χ2v) is 7.31. The number of hydrogen-bond acceptors (Lipinski definition) is 5. The summed E-state index contributed by atoms with van der Waals surface area (Å²) in [7, 11) is 0. The highest BCUT2D eigenvalue weighted by molar-refractivity contribution is 6.05. The van der Waals surface area contributed by atoms with Gasteiger partial charge in [0, 0.05) is 48.6 Å². The zero-order valence-corrected chi connectivity index (χ0v) is 16.3. The van der Waals surface area contributed by atoms with Crippen molar-refractivity contribution < 1.29 is 4.79 Å². The predicted molar refractivity (Wildman–Crippen MR) is 112 cm³/mol. The van der Waals surface area contributed by atoms with Gasteiger partial charge in [-0.15, -0.1) is 0 Å². The lowest BCUT2D eigenvalue weighted by atomic mass is 10.1. The molecule has 4 heterocycles. The molecular weight excluding hydrogens is 366 g/mol. The quantitative estimate of drug-likeness (QED) is 0.495. The summed E-state index contributed by atoms with van der Waals surface area (Å²) >= 11 is 0. The Labute approximate surface area is 167 Å². The van der Waals surface area contributed by atoms with E-state index >= 15 is 0 Å². The molecule has 0 aliphatic carbocycles. The molecule has 0 bridgehead atoms. The van der Waals surface area contributed by atoms with Crippen LogP contribution in [0, 0.1) is 6.92 Å². The van der Waals surface area contributed by atoms with Gasteiger partial charge in [-0.2, -0.15) is 5.10 Å². The lowest BCUT2D eigenvalue weighted by Crippen LogP contribution is -2.05. The third-order valence-electron chi connectivity index (χ3n) is 5.16. The summed E-state index contributed by atoms with van der Waals surface area (Å²) in [4.78, 5) is 23.9. The van der Waals surface area contributed by atoms with E-state index < -0.39 is 0 Å². The number of hydrogen-bond donors (Lipinski definition) is 3. The third-order valence-corrected chi connectivity index (χ3v) is 5.16. The normalized spacial score (nSPS) is 12.9. The van der Waals surface area contributed by atoms with Crippen LogP contribution < -0.4 is 10.6 Å². The molecule has 0 spiro atoms. The van der Waals surface area contributed by atoms with Crippen LogP contribution in [0.4, 0.5) is 17.5 Å². The Kier molecular flexibility index (Phi) is 4.04. The lowest BCUT2D eigenvalue weighted by molar-refractivity contribution is -0.114. The number of aromatic amines is 1. The molecule has 146 valence electrons. The zero-order valence-electron chi connectivity index (χ0n) is 16.3. The van der Waals surface area contributed by atoms with Crippen LogP contribution in [0.25, 0.3) is 22.2 Å². The fraction of sp³-hybridized carbons (Fsp3) is 0.238. The Hall–Kier alpha value is -3.68. The van der Waals surface area contributed by atoms with E-state index in [2.05, 4.69) is 31.8 Å². The number of benzene rings is 1. The standard InChI is InChI=1S/C21H21N7O/c1-12-10-23-21(25-18-9-14-5-4-8-28(14)27-18)26-19(12)16-11-22-20-15(16)6-3-7-17(20)24-13(2)29/h3,6-7,9-11,22H,4-5,8H2,1-2H3,(H,24,29)(H,23,25,26,27). The summed E-state index contributed by atoms with van der Waals surface area (Å²) in [6, 6.07) is 7.87. The van der Waals surface area contributed by atoms with Gasteiger partial charge in [0.25, 0.3) is 0 Å². The molecule has 0 saturated heterocycles. The summed E-state index contributed by atoms with van der Waals surface area (Å²) in [5.41, 5.74) is 5.62. The number of aryl methyl sites for hydroxylation is 3. The number of anilines is 3. The fourth-order valence-electron chi connectivity index (χ4n) is 3.85. The molecule has 29 heavy (non-hydrogen) atoms. The van der Waals surface area contributed by atoms with Crippen molar-refractivity contribution in [2.24, 2.45) is 0 Å². The van der Waals surface area contributed by atoms with Gasteiger partial charge >= 0.3 is 0 Å². The average molecular weight is 387 g/mol. The van der Waals surface area contributed by atoms with Gasteiger partial charge in [0.15, 0.2) is 5.82 Å². The van der Waals surface area contributed by atoms with Crippen LogP contribution in [0.1, 0.15) is 24.6 Å². The van der Waals surface area contributed by atoms with E-state index in [4.69, 9.17) is 4.98 Å². The second kappa shape index (κ2) is 6.73. The van der Waals surface area contributed by atoms with Crippen LogP contribution in [0.3, 0.4) is 0 Å². The molecule has 4 aromatic rings. The van der Waals surface area contributed by atoms with Crippen molar-refractivity contribution in [3.63, 3.8) is 0 Å². The summed E-state index contributed by atoms with van der Waals surface area (Å²) in [5.74, 6) is 1.17. The second-order valence-electron chi connectivity index (χ2n) is 7.31. The number of rotatable bonds is 4. The van der Waals surface area contributed by atoms with Gasteiger partial charge in [0.1, 0.15) is 0 Å². The van der Waals surface area contributed by atoms with Crippen molar-refractivity contribution >= 4 is 34.3 Å². The Morgan fingerprint density at radius 2 is 2.21 bits per heavy atom. The minimum absolute atomic E-state index is 0.106. The first kappa shape index (κ1) is 17.4. The maximum atomic E-state index is 11.5. The number of H-pyrrole nitrogens is 1. The minimum Gasteiger partial charge on any atom is -0.359 e. The van der Waals surface area contributed by atoms with Crippen molar-refractivity contribution in [1.29, 1.82) is 0 Å². The number of nitrogens with one attached hydrogen (secondary N) is 3. The van der Waals surface area contributed by atoms with Crippen LogP contribution in [0.2, 0.25) is 0 Å². The lowest BCUT2D eigenvalue weighted by Gasteiger charge is -2.08. The van der Waals surface area contributed by atoms with E-state index in [9.17, 15) is 4.79 Å². The first-order valence-corrected chi connectivity index (χ1v) is 9.64. The molecule has 1 aromatic carbocycles. The molecule has 0 fully saturated rings. The monoisotopic (exact) mass is 387 g/mol.